The Bertz CT molecular complexity index is 1290. The SMILES string of the molecule is Cc1ccc(-c2cccc([C@H](CC(=O)[O-])NC(=O)Nc3c([O-])c(C)cn(C)c3=O)c2)cc1C.[Na+].[Na+]. The van der Waals surface area contributed by atoms with Crippen LogP contribution in [0.3, 0.4) is 0 Å². The number of rotatable bonds is 6. The summed E-state index contributed by atoms with van der Waals surface area (Å²) in [7, 11) is 1.47. The fourth-order valence-corrected chi connectivity index (χ4v) is 3.57. The number of carboxylic acid groups (broad SMARTS) is 1. The van der Waals surface area contributed by atoms with E-state index in [4.69, 9.17) is 0 Å². The van der Waals surface area contributed by atoms with E-state index >= 15 is 0 Å². The van der Waals surface area contributed by atoms with Gasteiger partial charge in [-0.3, -0.25) is 4.79 Å². The standard InChI is InChI=1S/C25H27N3O5.2Na/c1-14-8-9-18(10-15(14)2)17-6-5-7-19(11-17)20(12-21(29)30)26-25(33)27-22-23(31)16(3)13-28(4)24(22)32;;/h5-11,13,20,31H,12H2,1-4H3,(H,29,30)(H2,26,27,33);;/q;2*+1/p-2/t20-;;/m0../s1. The van der Waals surface area contributed by atoms with E-state index in [2.05, 4.69) is 10.6 Å². The Kier molecular flexibility index (Phi) is 11.8. The van der Waals surface area contributed by atoms with Crippen LogP contribution in [0.25, 0.3) is 11.1 Å². The van der Waals surface area contributed by atoms with Gasteiger partial charge in [0.25, 0.3) is 5.56 Å². The molecule has 0 radical (unpaired) electrons. The zero-order valence-corrected chi connectivity index (χ0v) is 24.9. The van der Waals surface area contributed by atoms with Crippen LogP contribution in [0.5, 0.6) is 5.75 Å². The maximum Gasteiger partial charge on any atom is 1.00 e. The Hall–Kier alpha value is -2.07. The number of hydrogen-bond donors (Lipinski definition) is 2. The van der Waals surface area contributed by atoms with Crippen LogP contribution in [0.15, 0.2) is 53.5 Å². The van der Waals surface area contributed by atoms with Crippen molar-refractivity contribution in [2.24, 2.45) is 7.05 Å². The summed E-state index contributed by atoms with van der Waals surface area (Å²) in [5.41, 5.74) is 3.87. The summed E-state index contributed by atoms with van der Waals surface area (Å²) >= 11 is 0. The number of urea groups is 1. The van der Waals surface area contributed by atoms with Crippen molar-refractivity contribution in [1.82, 2.24) is 9.88 Å². The van der Waals surface area contributed by atoms with Crippen LogP contribution in [0.4, 0.5) is 10.5 Å². The van der Waals surface area contributed by atoms with Gasteiger partial charge in [-0.1, -0.05) is 42.1 Å². The van der Waals surface area contributed by atoms with Crippen LogP contribution in [0.1, 0.15) is 34.7 Å². The number of carboxylic acids is 1. The van der Waals surface area contributed by atoms with Gasteiger partial charge in [-0.25, -0.2) is 4.79 Å². The second-order valence-corrected chi connectivity index (χ2v) is 8.08. The molecule has 0 aliphatic heterocycles. The molecule has 2 N–H and O–H groups in total. The summed E-state index contributed by atoms with van der Waals surface area (Å²) in [5, 5.41) is 28.5. The second-order valence-electron chi connectivity index (χ2n) is 8.08. The normalized spacial score (nSPS) is 11.0. The van der Waals surface area contributed by atoms with Crippen LogP contribution in [0.2, 0.25) is 0 Å². The number of pyridine rings is 1. The van der Waals surface area contributed by atoms with Gasteiger partial charge < -0.3 is 30.2 Å². The Morgan fingerprint density at radius 1 is 0.971 bits per heavy atom. The minimum absolute atomic E-state index is 0. The molecule has 0 saturated heterocycles. The van der Waals surface area contributed by atoms with E-state index < -0.39 is 41.5 Å². The predicted molar refractivity (Wildman–Crippen MR) is 122 cm³/mol. The monoisotopic (exact) mass is 493 g/mol. The number of benzene rings is 2. The average Bonchev–Trinajstić information content (AvgIpc) is 2.76. The van der Waals surface area contributed by atoms with E-state index in [0.29, 0.717) is 11.1 Å². The van der Waals surface area contributed by atoms with Crippen LogP contribution in [0, 0.1) is 20.8 Å². The van der Waals surface area contributed by atoms with Crippen molar-refractivity contribution in [3.05, 3.63) is 81.3 Å². The first-order chi connectivity index (χ1) is 15.6. The quantitative estimate of drug-likeness (QED) is 0.339. The van der Waals surface area contributed by atoms with Crippen molar-refractivity contribution in [1.29, 1.82) is 0 Å². The third kappa shape index (κ3) is 7.70. The molecule has 3 rings (SSSR count). The van der Waals surface area contributed by atoms with E-state index in [1.165, 1.54) is 24.7 Å². The summed E-state index contributed by atoms with van der Waals surface area (Å²) in [4.78, 5) is 36.3. The summed E-state index contributed by atoms with van der Waals surface area (Å²) < 4.78 is 1.19. The van der Waals surface area contributed by atoms with E-state index in [1.807, 2.05) is 38.1 Å². The number of nitrogens with one attached hydrogen (secondary N) is 2. The summed E-state index contributed by atoms with van der Waals surface area (Å²) in [6.07, 6.45) is 0.894. The van der Waals surface area contributed by atoms with Gasteiger partial charge in [0.1, 0.15) is 5.69 Å². The molecule has 1 atom stereocenters. The van der Waals surface area contributed by atoms with Gasteiger partial charge in [0.05, 0.1) is 6.04 Å². The molecule has 2 amide bonds. The van der Waals surface area contributed by atoms with Gasteiger partial charge in [-0.05, 0) is 60.2 Å². The Balaban J connectivity index is 0.00000306. The Labute approximate surface area is 248 Å². The summed E-state index contributed by atoms with van der Waals surface area (Å²) in [5.74, 6) is -1.95. The molecule has 172 valence electrons. The van der Waals surface area contributed by atoms with Crippen LogP contribution < -0.4 is 85.5 Å². The van der Waals surface area contributed by atoms with E-state index in [0.717, 1.165) is 22.3 Å². The largest absolute Gasteiger partial charge is 1.00 e. The Morgan fingerprint density at radius 3 is 2.26 bits per heavy atom. The number of hydrogen-bond acceptors (Lipinski definition) is 5. The molecule has 1 aromatic heterocycles. The molecule has 0 fully saturated rings. The fraction of sp³-hybridized carbons (Fsp3) is 0.240. The predicted octanol–water partition coefficient (Wildman–Crippen LogP) is -3.94. The third-order valence-corrected chi connectivity index (χ3v) is 5.55. The first kappa shape index (κ1) is 31.0. The van der Waals surface area contributed by atoms with E-state index in [1.54, 1.807) is 18.2 Å². The number of aryl methyl sites for hydroxylation is 4. The Morgan fingerprint density at radius 2 is 1.63 bits per heavy atom. The van der Waals surface area contributed by atoms with Gasteiger partial charge in [-0.15, -0.1) is 0 Å². The molecule has 35 heavy (non-hydrogen) atoms. The van der Waals surface area contributed by atoms with Crippen molar-refractivity contribution in [2.45, 2.75) is 33.2 Å². The van der Waals surface area contributed by atoms with Crippen LogP contribution >= 0.6 is 0 Å². The number of anilines is 1. The minimum atomic E-state index is -1.35. The molecule has 8 nitrogen and oxygen atoms in total. The van der Waals surface area contributed by atoms with E-state index in [-0.39, 0.29) is 59.1 Å². The zero-order chi connectivity index (χ0) is 24.3. The molecule has 2 aromatic carbocycles. The number of carbonyl (C=O) groups excluding carboxylic acids is 2. The number of aliphatic carboxylic acids is 1. The first-order valence-electron chi connectivity index (χ1n) is 10.4. The summed E-state index contributed by atoms with van der Waals surface area (Å²) in [6.45, 7) is 5.55. The maximum absolute atomic E-state index is 12.6. The maximum atomic E-state index is 12.6. The number of carbonyl (C=O) groups is 2. The molecular weight excluding hydrogens is 468 g/mol. The smallest absolute Gasteiger partial charge is 0.871 e. The minimum Gasteiger partial charge on any atom is -0.871 e. The van der Waals surface area contributed by atoms with Gasteiger partial charge in [0.2, 0.25) is 0 Å². The molecule has 0 spiro atoms. The van der Waals surface area contributed by atoms with Gasteiger partial charge >= 0.3 is 65.1 Å². The molecule has 0 bridgehead atoms. The van der Waals surface area contributed by atoms with Crippen LogP contribution in [-0.2, 0) is 11.8 Å². The molecular formula is C25H25N3Na2O5. The molecule has 0 aliphatic rings. The fourth-order valence-electron chi connectivity index (χ4n) is 3.57. The molecule has 0 saturated carbocycles. The number of nitrogens with zero attached hydrogens (tertiary/aromatic N) is 1. The van der Waals surface area contributed by atoms with Gasteiger partial charge in [-0.2, -0.15) is 0 Å². The summed E-state index contributed by atoms with van der Waals surface area (Å²) in [6, 6.07) is 11.4. The second kappa shape index (κ2) is 13.3. The van der Waals surface area contributed by atoms with Crippen molar-refractivity contribution < 1.29 is 78.9 Å². The van der Waals surface area contributed by atoms with Crippen molar-refractivity contribution >= 4 is 17.7 Å². The van der Waals surface area contributed by atoms with Crippen molar-refractivity contribution in [3.63, 3.8) is 0 Å². The number of aromatic nitrogens is 1. The third-order valence-electron chi connectivity index (χ3n) is 5.55. The first-order valence-corrected chi connectivity index (χ1v) is 10.4. The average molecular weight is 493 g/mol. The van der Waals surface area contributed by atoms with Gasteiger partial charge in [0, 0.05) is 25.6 Å². The van der Waals surface area contributed by atoms with Crippen molar-refractivity contribution in [3.8, 4) is 16.9 Å². The molecule has 0 aliphatic carbocycles. The molecule has 0 unspecified atom stereocenters. The van der Waals surface area contributed by atoms with E-state index in [9.17, 15) is 24.6 Å². The zero-order valence-electron chi connectivity index (χ0n) is 20.9. The topological polar surface area (TPSA) is 126 Å². The molecule has 1 heterocycles. The molecule has 3 aromatic rings. The van der Waals surface area contributed by atoms with Crippen LogP contribution in [-0.4, -0.2) is 16.6 Å². The molecule has 10 heteroatoms. The van der Waals surface area contributed by atoms with Crippen molar-refractivity contribution in [2.75, 3.05) is 5.32 Å². The number of amides is 2. The van der Waals surface area contributed by atoms with Gasteiger partial charge in [0.15, 0.2) is 0 Å².